The number of nitro groups is 1. The van der Waals surface area contributed by atoms with Crippen molar-refractivity contribution >= 4 is 28.4 Å². The fourth-order valence-electron chi connectivity index (χ4n) is 1.74. The molecule has 0 saturated carbocycles. The highest BCUT2D eigenvalue weighted by molar-refractivity contribution is 7.28. The lowest BCUT2D eigenvalue weighted by Gasteiger charge is -2.17. The zero-order valence-electron chi connectivity index (χ0n) is 12.8. The standard InChI is InChI=1S/C13H15N2O2S2.ClHO4/c1-3-14(4-2)13-18-9-12(19-13)10-5-7-11(8-6-10)15(16)17;2-1(3,4)5/h5-9H,3-4H2,1-2H3;(H,2,3,4,5)/q+1;/p-1. The first-order valence-electron chi connectivity index (χ1n) is 6.68. The third kappa shape index (κ3) is 7.01. The average molecular weight is 395 g/mol. The Hall–Kier alpha value is -1.40. The summed E-state index contributed by atoms with van der Waals surface area (Å²) >= 11 is 3.45. The normalized spacial score (nSPS) is 10.8. The van der Waals surface area contributed by atoms with Crippen LogP contribution in [0.1, 0.15) is 13.8 Å². The predicted octanol–water partition coefficient (Wildman–Crippen LogP) is -1.56. The van der Waals surface area contributed by atoms with Gasteiger partial charge < -0.3 is 0 Å². The van der Waals surface area contributed by atoms with E-state index in [0.29, 0.717) is 0 Å². The molecule has 2 rings (SSSR count). The van der Waals surface area contributed by atoms with Crippen molar-refractivity contribution in [3.63, 3.8) is 0 Å². The van der Waals surface area contributed by atoms with E-state index in [9.17, 15) is 10.1 Å². The van der Waals surface area contributed by atoms with Crippen molar-refractivity contribution in [2.75, 3.05) is 13.1 Å². The molecule has 0 bridgehead atoms. The molecule has 0 amide bonds. The van der Waals surface area contributed by atoms with Gasteiger partial charge in [-0.2, -0.15) is 0 Å². The maximum atomic E-state index is 10.6. The summed E-state index contributed by atoms with van der Waals surface area (Å²) in [6, 6.07) is 6.72. The molecule has 0 N–H and O–H groups in total. The third-order valence-corrected chi connectivity index (χ3v) is 5.36. The SMILES string of the molecule is CC[N+](CC)=c1scc(-c2ccc([N+](=O)[O-])cc2)s1.[O-][Cl+3]([O-])([O-])[O-]. The molecule has 0 unspecified atom stereocenters. The summed E-state index contributed by atoms with van der Waals surface area (Å²) in [4.78, 5) is 11.4. The second kappa shape index (κ2) is 9.18. The lowest BCUT2D eigenvalue weighted by atomic mass is 10.2. The summed E-state index contributed by atoms with van der Waals surface area (Å²) in [6.07, 6.45) is 0. The summed E-state index contributed by atoms with van der Waals surface area (Å²) in [6.45, 7) is 6.27. The van der Waals surface area contributed by atoms with Crippen molar-refractivity contribution in [3.8, 4) is 10.4 Å². The van der Waals surface area contributed by atoms with Gasteiger partial charge in [-0.05, 0) is 31.5 Å². The van der Waals surface area contributed by atoms with Crippen LogP contribution in [0.5, 0.6) is 0 Å². The molecule has 0 aliphatic rings. The topological polar surface area (TPSA) is 138 Å². The van der Waals surface area contributed by atoms with Crippen LogP contribution >= 0.6 is 22.7 Å². The van der Waals surface area contributed by atoms with Gasteiger partial charge in [-0.3, -0.25) is 10.1 Å². The second-order valence-electron chi connectivity index (χ2n) is 4.32. The van der Waals surface area contributed by atoms with E-state index in [1.807, 2.05) is 12.1 Å². The first-order valence-corrected chi connectivity index (χ1v) is 9.61. The maximum Gasteiger partial charge on any atom is 0.314 e. The minimum atomic E-state index is -4.94. The Morgan fingerprint density at radius 1 is 1.04 bits per heavy atom. The Bertz CT molecular complexity index is 724. The molecule has 1 heterocycles. The maximum absolute atomic E-state index is 10.6. The highest BCUT2D eigenvalue weighted by Crippen LogP contribution is 2.25. The van der Waals surface area contributed by atoms with Gasteiger partial charge in [-0.25, -0.2) is 23.2 Å². The zero-order valence-corrected chi connectivity index (χ0v) is 15.2. The zero-order chi connectivity index (χ0) is 18.3. The Labute approximate surface area is 148 Å². The van der Waals surface area contributed by atoms with Gasteiger partial charge in [0.2, 0.25) is 0 Å². The molecule has 0 aliphatic carbocycles. The van der Waals surface area contributed by atoms with Crippen molar-refractivity contribution in [2.24, 2.45) is 0 Å². The van der Waals surface area contributed by atoms with Gasteiger partial charge in [0.25, 0.3) is 5.69 Å². The summed E-state index contributed by atoms with van der Waals surface area (Å²) in [5, 5.41) is 12.7. The minimum absolute atomic E-state index is 0.132. The Morgan fingerprint density at radius 2 is 1.54 bits per heavy atom. The molecular formula is C13H15ClN2O6S2. The van der Waals surface area contributed by atoms with Crippen LogP contribution in [0, 0.1) is 20.4 Å². The quantitative estimate of drug-likeness (QED) is 0.349. The van der Waals surface area contributed by atoms with E-state index in [2.05, 4.69) is 23.8 Å². The van der Waals surface area contributed by atoms with Crippen LogP contribution in [0.25, 0.3) is 10.4 Å². The van der Waals surface area contributed by atoms with Crippen LogP contribution in [0.2, 0.25) is 0 Å². The van der Waals surface area contributed by atoms with E-state index in [0.717, 1.165) is 23.5 Å². The average Bonchev–Trinajstić information content (AvgIpc) is 2.97. The monoisotopic (exact) mass is 394 g/mol. The molecule has 0 fully saturated rings. The lowest BCUT2D eigenvalue weighted by molar-refractivity contribution is -2.00. The number of nitro benzene ring substituents is 1. The van der Waals surface area contributed by atoms with Crippen LogP contribution < -0.4 is 27.2 Å². The number of non-ortho nitro benzene ring substituents is 1. The number of benzene rings is 1. The molecule has 11 heteroatoms. The lowest BCUT2D eigenvalue weighted by Crippen LogP contribution is -2.68. The Morgan fingerprint density at radius 3 is 1.96 bits per heavy atom. The molecule has 1 aromatic carbocycles. The number of rotatable bonds is 4. The van der Waals surface area contributed by atoms with Crippen molar-refractivity contribution in [3.05, 3.63) is 43.7 Å². The molecule has 0 radical (unpaired) electrons. The van der Waals surface area contributed by atoms with Crippen LogP contribution in [0.15, 0.2) is 29.6 Å². The predicted molar refractivity (Wildman–Crippen MR) is 80.6 cm³/mol. The van der Waals surface area contributed by atoms with Gasteiger partial charge in [0, 0.05) is 17.5 Å². The van der Waals surface area contributed by atoms with Crippen LogP contribution in [-0.4, -0.2) is 18.0 Å². The summed E-state index contributed by atoms with van der Waals surface area (Å²) in [7, 11) is -4.94. The molecule has 2 aromatic rings. The van der Waals surface area contributed by atoms with E-state index in [4.69, 9.17) is 18.6 Å². The molecule has 0 spiro atoms. The van der Waals surface area contributed by atoms with E-state index >= 15 is 0 Å². The van der Waals surface area contributed by atoms with Crippen LogP contribution in [-0.2, 0) is 0 Å². The Kier molecular flexibility index (Phi) is 7.90. The van der Waals surface area contributed by atoms with Crippen molar-refractivity contribution in [1.82, 2.24) is 4.58 Å². The highest BCUT2D eigenvalue weighted by Gasteiger charge is 2.09. The third-order valence-electron chi connectivity index (χ3n) is 2.85. The molecule has 0 atom stereocenters. The van der Waals surface area contributed by atoms with Crippen LogP contribution in [0.4, 0.5) is 5.69 Å². The summed E-state index contributed by atoms with van der Waals surface area (Å²) < 4.78 is 37.6. The van der Waals surface area contributed by atoms with Crippen molar-refractivity contribution in [2.45, 2.75) is 13.8 Å². The van der Waals surface area contributed by atoms with Gasteiger partial charge in [0.1, 0.15) is 13.1 Å². The van der Waals surface area contributed by atoms with Crippen molar-refractivity contribution < 1.29 is 33.8 Å². The first kappa shape index (κ1) is 20.6. The fraction of sp³-hybridized carbons (Fsp3) is 0.308. The molecule has 0 aliphatic heterocycles. The molecular weight excluding hydrogens is 380 g/mol. The fourth-order valence-corrected chi connectivity index (χ4v) is 4.26. The van der Waals surface area contributed by atoms with Gasteiger partial charge >= 0.3 is 3.98 Å². The first-order chi connectivity index (χ1) is 11.2. The molecule has 24 heavy (non-hydrogen) atoms. The number of hydrogen-bond acceptors (Lipinski definition) is 8. The molecule has 132 valence electrons. The summed E-state index contributed by atoms with van der Waals surface area (Å²) in [5.74, 6) is 0. The van der Waals surface area contributed by atoms with E-state index in [-0.39, 0.29) is 10.6 Å². The minimum Gasteiger partial charge on any atom is -0.258 e. The molecule has 1 aromatic heterocycles. The largest absolute Gasteiger partial charge is 0.314 e. The van der Waals surface area contributed by atoms with Gasteiger partial charge in [-0.1, -0.05) is 22.7 Å². The van der Waals surface area contributed by atoms with E-state index in [1.165, 1.54) is 3.98 Å². The summed E-state index contributed by atoms with van der Waals surface area (Å²) in [5.41, 5.74) is 1.17. The molecule has 0 saturated heterocycles. The van der Waals surface area contributed by atoms with Crippen molar-refractivity contribution in [1.29, 1.82) is 0 Å². The second-order valence-corrected chi connectivity index (χ2v) is 7.23. The number of nitrogens with zero attached hydrogens (tertiary/aromatic N) is 2. The van der Waals surface area contributed by atoms with Gasteiger partial charge in [-0.15, -0.1) is 10.2 Å². The smallest absolute Gasteiger partial charge is 0.258 e. The van der Waals surface area contributed by atoms with Crippen LogP contribution in [0.3, 0.4) is 0 Å². The number of halogens is 1. The highest BCUT2D eigenvalue weighted by atomic mass is 35.7. The van der Waals surface area contributed by atoms with E-state index in [1.54, 1.807) is 34.8 Å². The van der Waals surface area contributed by atoms with E-state index < -0.39 is 10.2 Å². The number of hydrogen-bond donors (Lipinski definition) is 0. The van der Waals surface area contributed by atoms with Gasteiger partial charge in [0.05, 0.1) is 9.80 Å². The van der Waals surface area contributed by atoms with Gasteiger partial charge in [0.15, 0.2) is 0 Å². The molecule has 8 nitrogen and oxygen atoms in total. The Balaban J connectivity index is 0.000000505.